The Hall–Kier alpha value is -2.85. The van der Waals surface area contributed by atoms with Gasteiger partial charge in [-0.15, -0.1) is 0 Å². The minimum Gasteiger partial charge on any atom is -0.339 e. The molecule has 0 radical (unpaired) electrons. The molecule has 0 saturated heterocycles. The van der Waals surface area contributed by atoms with Crippen molar-refractivity contribution in [3.05, 3.63) is 77.7 Å². The van der Waals surface area contributed by atoms with E-state index in [1.165, 1.54) is 5.56 Å². The number of rotatable bonds is 3. The van der Waals surface area contributed by atoms with Crippen molar-refractivity contribution in [2.24, 2.45) is 0 Å². The second-order valence-electron chi connectivity index (χ2n) is 5.61. The second-order valence-corrected chi connectivity index (χ2v) is 6.05. The summed E-state index contributed by atoms with van der Waals surface area (Å²) in [6, 6.07) is 16.0. The number of nitrogens with zero attached hydrogens (tertiary/aromatic N) is 3. The first-order valence-electron chi connectivity index (χ1n) is 7.62. The highest BCUT2D eigenvalue weighted by molar-refractivity contribution is 6.30. The lowest BCUT2D eigenvalue weighted by Gasteiger charge is -2.09. The topological polar surface area (TPSA) is 42.2 Å². The fraction of sp³-hybridized carbons (Fsp3) is 0.0526. The maximum absolute atomic E-state index is 5.98. The van der Waals surface area contributed by atoms with E-state index in [0.29, 0.717) is 5.02 Å². The molecule has 2 aromatic carbocycles. The number of hydrogen-bond donors (Lipinski definition) is 1. The van der Waals surface area contributed by atoms with Crippen LogP contribution in [-0.4, -0.2) is 14.4 Å². The highest BCUT2D eigenvalue weighted by Gasteiger charge is 2.14. The minimum absolute atomic E-state index is 0.710. The van der Waals surface area contributed by atoms with Crippen LogP contribution in [0.3, 0.4) is 0 Å². The Kier molecular flexibility index (Phi) is 3.67. The number of aromatic nitrogens is 3. The Labute approximate surface area is 144 Å². The van der Waals surface area contributed by atoms with Crippen LogP contribution in [-0.2, 0) is 0 Å². The smallest absolute Gasteiger partial charge is 0.157 e. The van der Waals surface area contributed by atoms with Gasteiger partial charge in [-0.3, -0.25) is 9.38 Å². The zero-order valence-corrected chi connectivity index (χ0v) is 13.8. The van der Waals surface area contributed by atoms with Crippen molar-refractivity contribution in [2.75, 3.05) is 5.32 Å². The van der Waals surface area contributed by atoms with Crippen molar-refractivity contribution in [2.45, 2.75) is 6.92 Å². The molecule has 0 amide bonds. The fourth-order valence-electron chi connectivity index (χ4n) is 2.61. The summed E-state index contributed by atoms with van der Waals surface area (Å²) in [7, 11) is 0. The van der Waals surface area contributed by atoms with Gasteiger partial charge in [0.1, 0.15) is 11.5 Å². The summed E-state index contributed by atoms with van der Waals surface area (Å²) in [6.07, 6.45) is 5.41. The molecule has 1 N–H and O–H groups in total. The van der Waals surface area contributed by atoms with Crippen molar-refractivity contribution < 1.29 is 0 Å². The van der Waals surface area contributed by atoms with Crippen molar-refractivity contribution >= 4 is 28.8 Å². The van der Waals surface area contributed by atoms with Gasteiger partial charge in [0, 0.05) is 28.7 Å². The van der Waals surface area contributed by atoms with Crippen LogP contribution in [0.5, 0.6) is 0 Å². The molecule has 0 aliphatic rings. The molecule has 0 bridgehead atoms. The molecule has 2 aromatic heterocycles. The van der Waals surface area contributed by atoms with Crippen molar-refractivity contribution in [3.63, 3.8) is 0 Å². The Bertz CT molecular complexity index is 988. The third kappa shape index (κ3) is 2.72. The van der Waals surface area contributed by atoms with E-state index in [1.54, 1.807) is 12.4 Å². The van der Waals surface area contributed by atoms with Crippen LogP contribution >= 0.6 is 11.6 Å². The molecule has 4 aromatic rings. The first kappa shape index (κ1) is 14.7. The zero-order chi connectivity index (χ0) is 16.5. The van der Waals surface area contributed by atoms with Crippen molar-refractivity contribution in [1.82, 2.24) is 14.4 Å². The quantitative estimate of drug-likeness (QED) is 0.566. The maximum Gasteiger partial charge on any atom is 0.157 e. The Balaban J connectivity index is 1.86. The first-order chi connectivity index (χ1) is 11.7. The van der Waals surface area contributed by atoms with Gasteiger partial charge in [-0.25, -0.2) is 4.98 Å². The summed E-state index contributed by atoms with van der Waals surface area (Å²) in [5.74, 6) is 0.901. The highest BCUT2D eigenvalue weighted by atomic mass is 35.5. The predicted octanol–water partition coefficient (Wildman–Crippen LogP) is 5.10. The van der Waals surface area contributed by atoms with Gasteiger partial charge >= 0.3 is 0 Å². The van der Waals surface area contributed by atoms with Crippen molar-refractivity contribution in [3.8, 4) is 11.3 Å². The van der Waals surface area contributed by atoms with E-state index >= 15 is 0 Å². The minimum atomic E-state index is 0.710. The van der Waals surface area contributed by atoms with Gasteiger partial charge in [0.15, 0.2) is 5.65 Å². The number of imidazole rings is 1. The number of aryl methyl sites for hydroxylation is 1. The standard InChI is InChI=1S/C19H15ClN4/c1-13-2-4-14(5-3-13)18-19(22-16-8-6-15(20)7-9-16)24-11-10-21-12-17(24)23-18/h2-12,22H,1H3. The molecule has 0 spiro atoms. The summed E-state index contributed by atoms with van der Waals surface area (Å²) in [4.78, 5) is 8.90. The van der Waals surface area contributed by atoms with E-state index in [4.69, 9.17) is 16.6 Å². The zero-order valence-electron chi connectivity index (χ0n) is 13.1. The molecule has 2 heterocycles. The third-order valence-corrected chi connectivity index (χ3v) is 4.11. The Morgan fingerprint density at radius 1 is 1.00 bits per heavy atom. The molecule has 5 heteroatoms. The molecule has 0 fully saturated rings. The van der Waals surface area contributed by atoms with Crippen LogP contribution in [0.4, 0.5) is 11.5 Å². The summed E-state index contributed by atoms with van der Waals surface area (Å²) in [6.45, 7) is 2.07. The number of benzene rings is 2. The fourth-order valence-corrected chi connectivity index (χ4v) is 2.73. The van der Waals surface area contributed by atoms with Gasteiger partial charge in [0.05, 0.1) is 6.20 Å². The summed E-state index contributed by atoms with van der Waals surface area (Å²) in [5.41, 5.74) is 4.91. The number of hydrogen-bond acceptors (Lipinski definition) is 3. The molecule has 0 atom stereocenters. The van der Waals surface area contributed by atoms with E-state index in [2.05, 4.69) is 41.5 Å². The number of fused-ring (bicyclic) bond motifs is 1. The summed E-state index contributed by atoms with van der Waals surface area (Å²) in [5, 5.41) is 4.16. The third-order valence-electron chi connectivity index (χ3n) is 3.86. The molecular formula is C19H15ClN4. The van der Waals surface area contributed by atoms with Gasteiger partial charge in [0.2, 0.25) is 0 Å². The van der Waals surface area contributed by atoms with E-state index in [9.17, 15) is 0 Å². The largest absolute Gasteiger partial charge is 0.339 e. The van der Waals surface area contributed by atoms with Gasteiger partial charge in [0.25, 0.3) is 0 Å². The van der Waals surface area contributed by atoms with Crippen LogP contribution in [0.1, 0.15) is 5.56 Å². The average Bonchev–Trinajstić information content (AvgIpc) is 2.96. The van der Waals surface area contributed by atoms with Gasteiger partial charge in [-0.1, -0.05) is 41.4 Å². The molecular weight excluding hydrogens is 320 g/mol. The molecule has 24 heavy (non-hydrogen) atoms. The molecule has 4 nitrogen and oxygen atoms in total. The lowest BCUT2D eigenvalue weighted by Crippen LogP contribution is -1.97. The van der Waals surface area contributed by atoms with Crippen LogP contribution in [0, 0.1) is 6.92 Å². The van der Waals surface area contributed by atoms with Gasteiger partial charge in [-0.2, -0.15) is 0 Å². The lowest BCUT2D eigenvalue weighted by molar-refractivity contribution is 1.13. The van der Waals surface area contributed by atoms with E-state index in [1.807, 2.05) is 34.9 Å². The molecule has 118 valence electrons. The van der Waals surface area contributed by atoms with E-state index in [0.717, 1.165) is 28.4 Å². The molecule has 0 aliphatic carbocycles. The van der Waals surface area contributed by atoms with E-state index in [-0.39, 0.29) is 0 Å². The van der Waals surface area contributed by atoms with Gasteiger partial charge < -0.3 is 5.32 Å². The van der Waals surface area contributed by atoms with E-state index < -0.39 is 0 Å². The highest BCUT2D eigenvalue weighted by Crippen LogP contribution is 2.31. The first-order valence-corrected chi connectivity index (χ1v) is 8.00. The number of anilines is 2. The lowest BCUT2D eigenvalue weighted by atomic mass is 10.1. The molecule has 0 saturated carbocycles. The van der Waals surface area contributed by atoms with Crippen LogP contribution in [0.15, 0.2) is 67.1 Å². The molecule has 0 aliphatic heterocycles. The summed E-state index contributed by atoms with van der Waals surface area (Å²) >= 11 is 5.98. The Morgan fingerprint density at radius 2 is 1.75 bits per heavy atom. The normalized spacial score (nSPS) is 10.9. The van der Waals surface area contributed by atoms with Crippen molar-refractivity contribution in [1.29, 1.82) is 0 Å². The average molecular weight is 335 g/mol. The van der Waals surface area contributed by atoms with Crippen LogP contribution in [0.25, 0.3) is 16.9 Å². The second kappa shape index (κ2) is 5.98. The predicted molar refractivity (Wildman–Crippen MR) is 97.9 cm³/mol. The molecule has 0 unspecified atom stereocenters. The number of halogens is 1. The van der Waals surface area contributed by atoms with Gasteiger partial charge in [-0.05, 0) is 31.2 Å². The number of nitrogens with one attached hydrogen (secondary N) is 1. The van der Waals surface area contributed by atoms with Crippen LogP contribution < -0.4 is 5.32 Å². The monoisotopic (exact) mass is 334 g/mol. The maximum atomic E-state index is 5.98. The SMILES string of the molecule is Cc1ccc(-c2nc3cnccn3c2Nc2ccc(Cl)cc2)cc1. The molecule has 4 rings (SSSR count). The Morgan fingerprint density at radius 3 is 2.50 bits per heavy atom. The summed E-state index contributed by atoms with van der Waals surface area (Å²) < 4.78 is 2.00. The van der Waals surface area contributed by atoms with Crippen LogP contribution in [0.2, 0.25) is 5.02 Å².